The number of aromatic nitrogens is 2. The first-order valence-electron chi connectivity index (χ1n) is 12.2. The van der Waals surface area contributed by atoms with Crippen molar-refractivity contribution in [2.45, 2.75) is 32.1 Å². The molecule has 9 heteroatoms. The Morgan fingerprint density at radius 2 is 1.66 bits per heavy atom. The van der Waals surface area contributed by atoms with E-state index >= 15 is 0 Å². The van der Waals surface area contributed by atoms with Crippen LogP contribution in [0.5, 0.6) is 0 Å². The summed E-state index contributed by atoms with van der Waals surface area (Å²) in [5.41, 5.74) is 5.22. The van der Waals surface area contributed by atoms with Gasteiger partial charge >= 0.3 is 6.18 Å². The van der Waals surface area contributed by atoms with E-state index in [0.29, 0.717) is 10.8 Å². The standard InChI is InChI=1S/C29H28F3N5S/c1-18-16-24(19(2)36(18)23-9-7-8-20(17-23)29(30,31)32)27-26(25-10-5-6-15-33-25)34-28(38)37(27)22-13-11-21(12-14-22)35(3)4/h5-17,26-27H,1-4H3,(H,34,38)/t26-,27+/m1/s1. The van der Waals surface area contributed by atoms with E-state index in [4.69, 9.17) is 12.2 Å². The van der Waals surface area contributed by atoms with Gasteiger partial charge in [0, 0.05) is 48.7 Å². The van der Waals surface area contributed by atoms with E-state index in [0.717, 1.165) is 40.1 Å². The van der Waals surface area contributed by atoms with E-state index in [1.807, 2.05) is 85.9 Å². The van der Waals surface area contributed by atoms with E-state index in [9.17, 15) is 13.2 Å². The molecule has 0 radical (unpaired) electrons. The zero-order valence-corrected chi connectivity index (χ0v) is 22.3. The van der Waals surface area contributed by atoms with Gasteiger partial charge < -0.3 is 19.7 Å². The van der Waals surface area contributed by atoms with Crippen molar-refractivity contribution >= 4 is 28.7 Å². The molecule has 5 rings (SSSR count). The molecular formula is C29H28F3N5S. The third-order valence-electron chi connectivity index (χ3n) is 6.96. The first kappa shape index (κ1) is 25.8. The lowest BCUT2D eigenvalue weighted by Gasteiger charge is -2.28. The number of hydrogen-bond donors (Lipinski definition) is 1. The number of alkyl halides is 3. The summed E-state index contributed by atoms with van der Waals surface area (Å²) < 4.78 is 42.3. The number of thiocarbonyl (C=S) groups is 1. The van der Waals surface area contributed by atoms with Gasteiger partial charge in [0.15, 0.2) is 5.11 Å². The van der Waals surface area contributed by atoms with Crippen LogP contribution in [0, 0.1) is 13.8 Å². The lowest BCUT2D eigenvalue weighted by Crippen LogP contribution is -2.29. The first-order chi connectivity index (χ1) is 18.1. The average Bonchev–Trinajstić information content (AvgIpc) is 3.39. The normalized spacial score (nSPS) is 17.6. The van der Waals surface area contributed by atoms with Gasteiger partial charge in [-0.1, -0.05) is 12.1 Å². The fourth-order valence-electron chi connectivity index (χ4n) is 5.17. The fraction of sp³-hybridized carbons (Fsp3) is 0.241. The second kappa shape index (κ2) is 9.79. The van der Waals surface area contributed by atoms with E-state index < -0.39 is 11.7 Å². The molecule has 2 aromatic carbocycles. The van der Waals surface area contributed by atoms with E-state index in [2.05, 4.69) is 15.2 Å². The molecule has 2 atom stereocenters. The van der Waals surface area contributed by atoms with Crippen LogP contribution in [-0.2, 0) is 6.18 Å². The Kier molecular flexibility index (Phi) is 6.65. The molecule has 0 saturated carbocycles. The lowest BCUT2D eigenvalue weighted by atomic mass is 9.96. The highest BCUT2D eigenvalue weighted by atomic mass is 32.1. The van der Waals surface area contributed by atoms with Crippen LogP contribution >= 0.6 is 12.2 Å². The predicted molar refractivity (Wildman–Crippen MR) is 149 cm³/mol. The molecule has 3 heterocycles. The predicted octanol–water partition coefficient (Wildman–Crippen LogP) is 6.75. The van der Waals surface area contributed by atoms with Crippen molar-refractivity contribution in [3.8, 4) is 5.69 Å². The van der Waals surface area contributed by atoms with Gasteiger partial charge in [-0.15, -0.1) is 0 Å². The number of aryl methyl sites for hydroxylation is 1. The first-order valence-corrected chi connectivity index (χ1v) is 12.6. The third-order valence-corrected chi connectivity index (χ3v) is 7.28. The van der Waals surface area contributed by atoms with Gasteiger partial charge in [0.25, 0.3) is 0 Å². The number of anilines is 2. The average molecular weight is 536 g/mol. The summed E-state index contributed by atoms with van der Waals surface area (Å²) in [6.45, 7) is 3.84. The smallest absolute Gasteiger partial charge is 0.378 e. The number of halogens is 3. The molecule has 0 amide bonds. The van der Waals surface area contributed by atoms with Gasteiger partial charge in [-0.25, -0.2) is 0 Å². The van der Waals surface area contributed by atoms with Crippen LogP contribution < -0.4 is 15.1 Å². The van der Waals surface area contributed by atoms with Crippen molar-refractivity contribution in [2.24, 2.45) is 0 Å². The van der Waals surface area contributed by atoms with Crippen molar-refractivity contribution in [1.29, 1.82) is 0 Å². The minimum atomic E-state index is -4.42. The minimum Gasteiger partial charge on any atom is -0.378 e. The minimum absolute atomic E-state index is 0.257. The number of rotatable bonds is 5. The number of benzene rings is 2. The van der Waals surface area contributed by atoms with Gasteiger partial charge in [0.05, 0.1) is 23.3 Å². The maximum Gasteiger partial charge on any atom is 0.416 e. The van der Waals surface area contributed by atoms with Crippen LogP contribution in [0.25, 0.3) is 5.69 Å². The van der Waals surface area contributed by atoms with Crippen molar-refractivity contribution < 1.29 is 13.2 Å². The third kappa shape index (κ3) is 4.62. The molecule has 38 heavy (non-hydrogen) atoms. The fourth-order valence-corrected chi connectivity index (χ4v) is 5.51. The Balaban J connectivity index is 1.65. The summed E-state index contributed by atoms with van der Waals surface area (Å²) in [7, 11) is 3.97. The molecule has 0 bridgehead atoms. The molecule has 0 aliphatic carbocycles. The maximum atomic E-state index is 13.5. The number of pyridine rings is 1. The molecule has 1 N–H and O–H groups in total. The quantitative estimate of drug-likeness (QED) is 0.286. The molecule has 0 unspecified atom stereocenters. The highest BCUT2D eigenvalue weighted by Gasteiger charge is 2.42. The van der Waals surface area contributed by atoms with Crippen molar-refractivity contribution in [3.63, 3.8) is 0 Å². The summed E-state index contributed by atoms with van der Waals surface area (Å²) in [6.07, 6.45) is -2.67. The Morgan fingerprint density at radius 1 is 0.921 bits per heavy atom. The number of nitrogens with one attached hydrogen (secondary N) is 1. The molecular weight excluding hydrogens is 507 g/mol. The van der Waals surface area contributed by atoms with Gasteiger partial charge in [-0.2, -0.15) is 13.2 Å². The van der Waals surface area contributed by atoms with Gasteiger partial charge in [-0.3, -0.25) is 4.98 Å². The largest absolute Gasteiger partial charge is 0.416 e. The summed E-state index contributed by atoms with van der Waals surface area (Å²) in [5.74, 6) is 0. The molecule has 2 aromatic heterocycles. The van der Waals surface area contributed by atoms with Crippen molar-refractivity contribution in [1.82, 2.24) is 14.9 Å². The van der Waals surface area contributed by atoms with Crippen LogP contribution in [0.15, 0.2) is 79.0 Å². The van der Waals surface area contributed by atoms with E-state index in [1.54, 1.807) is 12.3 Å². The monoisotopic (exact) mass is 535 g/mol. The van der Waals surface area contributed by atoms with Gasteiger partial charge in [0.2, 0.25) is 0 Å². The Bertz CT molecular complexity index is 1460. The lowest BCUT2D eigenvalue weighted by molar-refractivity contribution is -0.137. The van der Waals surface area contributed by atoms with Crippen LogP contribution in [0.3, 0.4) is 0 Å². The zero-order chi connectivity index (χ0) is 27.2. The number of nitrogens with zero attached hydrogens (tertiary/aromatic N) is 4. The maximum absolute atomic E-state index is 13.5. The van der Waals surface area contributed by atoms with Crippen molar-refractivity contribution in [3.05, 3.63) is 107 Å². The molecule has 4 aromatic rings. The highest BCUT2D eigenvalue weighted by molar-refractivity contribution is 7.80. The summed E-state index contributed by atoms with van der Waals surface area (Å²) in [6, 6.07) is 20.8. The summed E-state index contributed by atoms with van der Waals surface area (Å²) >= 11 is 5.84. The molecule has 1 fully saturated rings. The topological polar surface area (TPSA) is 36.3 Å². The van der Waals surface area contributed by atoms with Crippen LogP contribution in [0.2, 0.25) is 0 Å². The van der Waals surface area contributed by atoms with Gasteiger partial charge in [0.1, 0.15) is 0 Å². The molecule has 196 valence electrons. The number of hydrogen-bond acceptors (Lipinski definition) is 3. The highest BCUT2D eigenvalue weighted by Crippen LogP contribution is 2.44. The van der Waals surface area contributed by atoms with Crippen LogP contribution in [0.4, 0.5) is 24.5 Å². The summed E-state index contributed by atoms with van der Waals surface area (Å²) in [5, 5.41) is 4.02. The molecule has 1 aliphatic heterocycles. The van der Waals surface area contributed by atoms with Crippen LogP contribution in [-0.4, -0.2) is 28.8 Å². The second-order valence-corrected chi connectivity index (χ2v) is 10.0. The molecule has 0 spiro atoms. The SMILES string of the molecule is Cc1cc([C@H]2[C@@H](c3ccccn3)NC(=S)N2c2ccc(N(C)C)cc2)c(C)n1-c1cccc(C(F)(F)F)c1. The van der Waals surface area contributed by atoms with Crippen LogP contribution in [0.1, 0.15) is 40.3 Å². The summed E-state index contributed by atoms with van der Waals surface area (Å²) in [4.78, 5) is 8.71. The van der Waals surface area contributed by atoms with Gasteiger partial charge in [-0.05, 0) is 92.3 Å². The van der Waals surface area contributed by atoms with Crippen molar-refractivity contribution in [2.75, 3.05) is 23.9 Å². The molecule has 5 nitrogen and oxygen atoms in total. The Morgan fingerprint density at radius 3 is 2.29 bits per heavy atom. The zero-order valence-electron chi connectivity index (χ0n) is 21.5. The van der Waals surface area contributed by atoms with E-state index in [-0.39, 0.29) is 12.1 Å². The Hall–Kier alpha value is -3.85. The second-order valence-electron chi connectivity index (χ2n) is 9.62. The molecule has 1 aliphatic rings. The molecule has 1 saturated heterocycles. The van der Waals surface area contributed by atoms with E-state index in [1.165, 1.54) is 12.1 Å². The Labute approximate surface area is 225 Å².